The second-order valence-electron chi connectivity index (χ2n) is 7.26. The van der Waals surface area contributed by atoms with Crippen LogP contribution in [0.5, 0.6) is 0 Å². The Morgan fingerprint density at radius 3 is 2.63 bits per heavy atom. The molecule has 0 bridgehead atoms. The van der Waals surface area contributed by atoms with Gasteiger partial charge in [0.05, 0.1) is 6.54 Å². The molecule has 3 rings (SSSR count). The number of nitrogens with two attached hydrogens (primary N) is 1. The quantitative estimate of drug-likeness (QED) is 0.667. The predicted molar refractivity (Wildman–Crippen MR) is 117 cm³/mol. The Morgan fingerprint density at radius 2 is 1.93 bits per heavy atom. The molecule has 2 aromatic rings. The van der Waals surface area contributed by atoms with E-state index in [1.165, 1.54) is 12.1 Å². The molecular weight excluding hydrogens is 407 g/mol. The minimum absolute atomic E-state index is 0. The van der Waals surface area contributed by atoms with Crippen LogP contribution in [0.25, 0.3) is 0 Å². The maximum absolute atomic E-state index is 13.7. The molecule has 1 aliphatic rings. The molecule has 0 saturated carbocycles. The van der Waals surface area contributed by atoms with Gasteiger partial charge in [-0.05, 0) is 23.3 Å². The minimum Gasteiger partial charge on any atom is -0.370 e. The van der Waals surface area contributed by atoms with Crippen LogP contribution < -0.4 is 11.1 Å². The van der Waals surface area contributed by atoms with Crippen molar-refractivity contribution in [1.29, 1.82) is 0 Å². The van der Waals surface area contributed by atoms with Crippen LogP contribution in [0, 0.1) is 5.82 Å². The molecule has 3 N–H and O–H groups in total. The summed E-state index contributed by atoms with van der Waals surface area (Å²) in [6.45, 7) is 3.00. The number of hydrogen-bond acceptors (Lipinski definition) is 4. The van der Waals surface area contributed by atoms with Crippen molar-refractivity contribution < 1.29 is 14.0 Å². The van der Waals surface area contributed by atoms with Gasteiger partial charge in [0.2, 0.25) is 11.8 Å². The van der Waals surface area contributed by atoms with E-state index in [1.807, 2.05) is 36.4 Å². The van der Waals surface area contributed by atoms with Crippen LogP contribution in [0.2, 0.25) is 0 Å². The van der Waals surface area contributed by atoms with E-state index in [2.05, 4.69) is 10.2 Å². The molecule has 1 aliphatic heterocycles. The number of rotatable bonds is 8. The summed E-state index contributed by atoms with van der Waals surface area (Å²) in [4.78, 5) is 28.1. The number of nitrogens with one attached hydrogen (secondary N) is 1. The number of piperazine rings is 1. The number of amides is 2. The molecule has 8 heteroatoms. The van der Waals surface area contributed by atoms with Crippen LogP contribution in [-0.4, -0.2) is 54.3 Å². The highest BCUT2D eigenvalue weighted by atomic mass is 35.5. The van der Waals surface area contributed by atoms with Crippen LogP contribution in [-0.2, 0) is 16.1 Å². The third-order valence-electron chi connectivity index (χ3n) is 5.12. The van der Waals surface area contributed by atoms with E-state index < -0.39 is 5.91 Å². The number of benzene rings is 2. The van der Waals surface area contributed by atoms with Gasteiger partial charge in [0.1, 0.15) is 5.82 Å². The molecule has 0 aromatic heterocycles. The van der Waals surface area contributed by atoms with Gasteiger partial charge in [-0.15, -0.1) is 12.4 Å². The molecule has 0 radical (unpaired) electrons. The molecular formula is C22H28ClFN4O2. The van der Waals surface area contributed by atoms with Gasteiger partial charge in [-0.25, -0.2) is 4.39 Å². The maximum Gasteiger partial charge on any atom is 0.237 e. The van der Waals surface area contributed by atoms with Gasteiger partial charge < -0.3 is 16.0 Å². The Kier molecular flexibility index (Phi) is 9.23. The molecule has 6 nitrogen and oxygen atoms in total. The first-order valence-corrected chi connectivity index (χ1v) is 9.83. The number of hydrogen-bond donors (Lipinski definition) is 2. The highest BCUT2D eigenvalue weighted by Gasteiger charge is 2.27. The Morgan fingerprint density at radius 1 is 1.17 bits per heavy atom. The first kappa shape index (κ1) is 23.8. The Balaban J connectivity index is 0.00000320. The summed E-state index contributed by atoms with van der Waals surface area (Å²) < 4.78 is 13.7. The van der Waals surface area contributed by atoms with Crippen molar-refractivity contribution in [2.45, 2.75) is 19.0 Å². The lowest BCUT2D eigenvalue weighted by Gasteiger charge is -2.37. The summed E-state index contributed by atoms with van der Waals surface area (Å²) >= 11 is 0. The van der Waals surface area contributed by atoms with Gasteiger partial charge in [-0.2, -0.15) is 0 Å². The van der Waals surface area contributed by atoms with Crippen LogP contribution in [0.4, 0.5) is 4.39 Å². The second-order valence-corrected chi connectivity index (χ2v) is 7.26. The Hall–Kier alpha value is -2.48. The molecule has 30 heavy (non-hydrogen) atoms. The van der Waals surface area contributed by atoms with E-state index in [9.17, 15) is 14.0 Å². The largest absolute Gasteiger partial charge is 0.370 e. The number of halogens is 2. The van der Waals surface area contributed by atoms with Crippen LogP contribution in [0.1, 0.15) is 23.6 Å². The first-order valence-electron chi connectivity index (χ1n) is 9.83. The Bertz CT molecular complexity index is 837. The average molecular weight is 435 g/mol. The molecule has 2 amide bonds. The topological polar surface area (TPSA) is 78.7 Å². The van der Waals surface area contributed by atoms with Crippen molar-refractivity contribution in [1.82, 2.24) is 15.1 Å². The van der Waals surface area contributed by atoms with E-state index in [0.717, 1.165) is 17.7 Å². The lowest BCUT2D eigenvalue weighted by molar-refractivity contribution is -0.134. The smallest absolute Gasteiger partial charge is 0.237 e. The number of nitrogens with zero attached hydrogens (tertiary/aromatic N) is 2. The molecule has 1 saturated heterocycles. The summed E-state index contributed by atoms with van der Waals surface area (Å²) in [7, 11) is 0. The fraction of sp³-hybridized carbons (Fsp3) is 0.364. The van der Waals surface area contributed by atoms with E-state index in [-0.39, 0.29) is 49.7 Å². The molecule has 1 heterocycles. The monoisotopic (exact) mass is 434 g/mol. The average Bonchev–Trinajstić information content (AvgIpc) is 2.72. The zero-order valence-electron chi connectivity index (χ0n) is 16.8. The van der Waals surface area contributed by atoms with Crippen molar-refractivity contribution in [3.05, 3.63) is 71.5 Å². The maximum atomic E-state index is 13.7. The van der Waals surface area contributed by atoms with Gasteiger partial charge >= 0.3 is 0 Å². The summed E-state index contributed by atoms with van der Waals surface area (Å²) in [5.41, 5.74) is 7.14. The SMILES string of the molecule is Cl.NC(=O)CCN(Cc1ccccc1)C(=O)CN1CCNCC1c1cccc(F)c1. The molecule has 1 fully saturated rings. The first-order chi connectivity index (χ1) is 14.0. The van der Waals surface area contributed by atoms with Crippen molar-refractivity contribution in [3.63, 3.8) is 0 Å². The highest BCUT2D eigenvalue weighted by molar-refractivity contribution is 5.85. The standard InChI is InChI=1S/C22H27FN4O2.ClH/c23-19-8-4-7-18(13-19)20-14-25-10-12-26(20)16-22(29)27(11-9-21(24)28)15-17-5-2-1-3-6-17;/h1-8,13,20,25H,9-12,14-16H2,(H2,24,28);1H. The summed E-state index contributed by atoms with van der Waals surface area (Å²) in [6.07, 6.45) is 0.119. The minimum atomic E-state index is -0.435. The van der Waals surface area contributed by atoms with Gasteiger partial charge in [-0.1, -0.05) is 42.5 Å². The third kappa shape index (κ3) is 6.79. The van der Waals surface area contributed by atoms with Crippen molar-refractivity contribution >= 4 is 24.2 Å². The summed E-state index contributed by atoms with van der Waals surface area (Å²) in [6, 6.07) is 16.1. The van der Waals surface area contributed by atoms with Gasteiger partial charge in [0.15, 0.2) is 0 Å². The van der Waals surface area contributed by atoms with Crippen LogP contribution >= 0.6 is 12.4 Å². The number of carbonyl (C=O) groups excluding carboxylic acids is 2. The fourth-order valence-corrected chi connectivity index (χ4v) is 3.59. The lowest BCUT2D eigenvalue weighted by Crippen LogP contribution is -2.50. The third-order valence-corrected chi connectivity index (χ3v) is 5.12. The van der Waals surface area contributed by atoms with Gasteiger partial charge in [0, 0.05) is 45.2 Å². The predicted octanol–water partition coefficient (Wildman–Crippen LogP) is 2.10. The van der Waals surface area contributed by atoms with Crippen LogP contribution in [0.15, 0.2) is 54.6 Å². The van der Waals surface area contributed by atoms with E-state index in [4.69, 9.17) is 5.73 Å². The Labute approximate surface area is 182 Å². The molecule has 2 aromatic carbocycles. The number of carbonyl (C=O) groups is 2. The molecule has 0 spiro atoms. The molecule has 1 atom stereocenters. The lowest BCUT2D eigenvalue weighted by atomic mass is 10.0. The van der Waals surface area contributed by atoms with Crippen molar-refractivity contribution in [3.8, 4) is 0 Å². The van der Waals surface area contributed by atoms with Crippen LogP contribution in [0.3, 0.4) is 0 Å². The van der Waals surface area contributed by atoms with Gasteiger partial charge in [-0.3, -0.25) is 14.5 Å². The second kappa shape index (κ2) is 11.6. The molecule has 162 valence electrons. The fourth-order valence-electron chi connectivity index (χ4n) is 3.59. The summed E-state index contributed by atoms with van der Waals surface area (Å²) in [5.74, 6) is -0.791. The van der Waals surface area contributed by atoms with E-state index >= 15 is 0 Å². The highest BCUT2D eigenvalue weighted by Crippen LogP contribution is 2.23. The van der Waals surface area contributed by atoms with Crippen molar-refractivity contribution in [2.75, 3.05) is 32.7 Å². The zero-order valence-corrected chi connectivity index (χ0v) is 17.6. The molecule has 0 aliphatic carbocycles. The summed E-state index contributed by atoms with van der Waals surface area (Å²) in [5, 5.41) is 3.31. The zero-order chi connectivity index (χ0) is 20.6. The van der Waals surface area contributed by atoms with E-state index in [1.54, 1.807) is 11.0 Å². The normalized spacial score (nSPS) is 16.5. The van der Waals surface area contributed by atoms with Gasteiger partial charge in [0.25, 0.3) is 0 Å². The molecule has 1 unspecified atom stereocenters. The van der Waals surface area contributed by atoms with Crippen molar-refractivity contribution in [2.24, 2.45) is 5.73 Å². The number of primary amides is 1. The van der Waals surface area contributed by atoms with E-state index in [0.29, 0.717) is 19.6 Å².